The maximum Gasteiger partial charge on any atom is 0.338 e. The van der Waals surface area contributed by atoms with Crippen LogP contribution in [-0.2, 0) is 9.53 Å². The van der Waals surface area contributed by atoms with Gasteiger partial charge in [-0.3, -0.25) is 9.36 Å². The van der Waals surface area contributed by atoms with Crippen molar-refractivity contribution in [2.45, 2.75) is 13.8 Å². The molecule has 0 atom stereocenters. The van der Waals surface area contributed by atoms with Gasteiger partial charge in [0.15, 0.2) is 6.61 Å². The molecule has 0 fully saturated rings. The zero-order valence-corrected chi connectivity index (χ0v) is 17.9. The number of rotatable bonds is 7. The molecule has 4 aromatic rings. The first-order chi connectivity index (χ1) is 15.6. The largest absolute Gasteiger partial charge is 0.492 e. The Bertz CT molecular complexity index is 1260. The number of amides is 1. The molecule has 0 unspecified atom stereocenters. The van der Waals surface area contributed by atoms with Crippen molar-refractivity contribution in [3.05, 3.63) is 84.2 Å². The van der Waals surface area contributed by atoms with Crippen LogP contribution >= 0.6 is 0 Å². The third-order valence-electron chi connectivity index (χ3n) is 4.87. The van der Waals surface area contributed by atoms with E-state index in [1.807, 2.05) is 60.9 Å². The number of anilines is 1. The van der Waals surface area contributed by atoms with E-state index in [1.54, 1.807) is 30.3 Å². The Hall–Kier alpha value is -4.13. The van der Waals surface area contributed by atoms with Crippen LogP contribution in [0.3, 0.4) is 0 Å². The molecule has 0 saturated carbocycles. The molecule has 4 rings (SSSR count). The molecule has 32 heavy (non-hydrogen) atoms. The average molecular weight is 429 g/mol. The zero-order chi connectivity index (χ0) is 22.5. The lowest BCUT2D eigenvalue weighted by Crippen LogP contribution is -2.21. The van der Waals surface area contributed by atoms with E-state index in [2.05, 4.69) is 10.3 Å². The van der Waals surface area contributed by atoms with E-state index in [0.29, 0.717) is 29.1 Å². The number of hydrogen-bond acceptors (Lipinski definition) is 5. The number of benzene rings is 3. The van der Waals surface area contributed by atoms with Gasteiger partial charge < -0.3 is 14.8 Å². The van der Waals surface area contributed by atoms with E-state index >= 15 is 0 Å². The van der Waals surface area contributed by atoms with Gasteiger partial charge in [-0.1, -0.05) is 30.3 Å². The summed E-state index contributed by atoms with van der Waals surface area (Å²) in [6.07, 6.45) is 0. The zero-order valence-electron chi connectivity index (χ0n) is 17.9. The van der Waals surface area contributed by atoms with Gasteiger partial charge in [0.05, 0.1) is 28.9 Å². The lowest BCUT2D eigenvalue weighted by Gasteiger charge is -2.11. The van der Waals surface area contributed by atoms with Crippen molar-refractivity contribution in [2.24, 2.45) is 0 Å². The number of aryl methyl sites for hydroxylation is 1. The molecule has 1 N–H and O–H groups in total. The number of carbonyl (C=O) groups is 2. The van der Waals surface area contributed by atoms with E-state index in [1.165, 1.54) is 0 Å². The Kier molecular flexibility index (Phi) is 6.17. The van der Waals surface area contributed by atoms with E-state index < -0.39 is 18.5 Å². The molecule has 0 bridgehead atoms. The molecule has 3 aromatic carbocycles. The number of nitrogens with one attached hydrogen (secondary N) is 1. The van der Waals surface area contributed by atoms with Crippen LogP contribution in [0.2, 0.25) is 0 Å². The fraction of sp³-hybridized carbons (Fsp3) is 0.160. The second-order valence-electron chi connectivity index (χ2n) is 7.09. The van der Waals surface area contributed by atoms with Gasteiger partial charge >= 0.3 is 5.97 Å². The number of hydrogen-bond donors (Lipinski definition) is 1. The molecule has 1 amide bonds. The number of ether oxygens (including phenoxy) is 2. The van der Waals surface area contributed by atoms with Crippen molar-refractivity contribution in [3.8, 4) is 11.4 Å². The highest BCUT2D eigenvalue weighted by atomic mass is 16.5. The monoisotopic (exact) mass is 429 g/mol. The fourth-order valence-electron chi connectivity index (χ4n) is 3.48. The molecule has 0 aliphatic carbocycles. The van der Waals surface area contributed by atoms with Crippen molar-refractivity contribution < 1.29 is 19.1 Å². The minimum absolute atomic E-state index is 0.331. The average Bonchev–Trinajstić information content (AvgIpc) is 3.14. The van der Waals surface area contributed by atoms with Crippen LogP contribution in [0.1, 0.15) is 23.1 Å². The summed E-state index contributed by atoms with van der Waals surface area (Å²) in [7, 11) is 0. The van der Waals surface area contributed by atoms with Crippen LogP contribution < -0.4 is 10.1 Å². The predicted molar refractivity (Wildman–Crippen MR) is 122 cm³/mol. The van der Waals surface area contributed by atoms with Crippen molar-refractivity contribution in [2.75, 3.05) is 18.5 Å². The third-order valence-corrected chi connectivity index (χ3v) is 4.87. The summed E-state index contributed by atoms with van der Waals surface area (Å²) in [5, 5.41) is 2.70. The highest BCUT2D eigenvalue weighted by Gasteiger charge is 2.15. The first-order valence-electron chi connectivity index (χ1n) is 10.3. The van der Waals surface area contributed by atoms with E-state index in [-0.39, 0.29) is 0 Å². The number of esters is 1. The summed E-state index contributed by atoms with van der Waals surface area (Å²) in [5.41, 5.74) is 3.41. The highest BCUT2D eigenvalue weighted by Crippen LogP contribution is 2.24. The van der Waals surface area contributed by atoms with Gasteiger partial charge in [-0.05, 0) is 56.3 Å². The van der Waals surface area contributed by atoms with Gasteiger partial charge in [0.2, 0.25) is 0 Å². The minimum atomic E-state index is -0.591. The summed E-state index contributed by atoms with van der Waals surface area (Å²) in [5.74, 6) is 0.330. The minimum Gasteiger partial charge on any atom is -0.492 e. The molecule has 0 spiro atoms. The molecule has 1 heterocycles. The number of nitrogens with zero attached hydrogens (tertiary/aromatic N) is 2. The van der Waals surface area contributed by atoms with Gasteiger partial charge in [-0.2, -0.15) is 0 Å². The van der Waals surface area contributed by atoms with Crippen LogP contribution in [0, 0.1) is 6.92 Å². The molecule has 162 valence electrons. The first-order valence-corrected chi connectivity index (χ1v) is 10.3. The number of fused-ring (bicyclic) bond motifs is 1. The summed E-state index contributed by atoms with van der Waals surface area (Å²) in [6, 6.07) is 22.1. The van der Waals surface area contributed by atoms with Gasteiger partial charge in [0.25, 0.3) is 5.91 Å². The number of carbonyl (C=O) groups excluding carboxylic acids is 2. The SMILES string of the molecule is CCOc1ccccc1NC(=O)COC(=O)c1ccc2c(c1)nc(C)n2-c1ccccc1. The molecule has 0 aliphatic heterocycles. The molecule has 7 nitrogen and oxygen atoms in total. The van der Waals surface area contributed by atoms with Crippen LogP contribution in [0.4, 0.5) is 5.69 Å². The van der Waals surface area contributed by atoms with Crippen LogP contribution in [-0.4, -0.2) is 34.6 Å². The predicted octanol–water partition coefficient (Wildman–Crippen LogP) is 4.53. The molecule has 7 heteroatoms. The molecule has 0 aliphatic rings. The summed E-state index contributed by atoms with van der Waals surface area (Å²) in [6.45, 7) is 3.84. The lowest BCUT2D eigenvalue weighted by atomic mass is 10.2. The Morgan fingerprint density at radius 1 is 1.00 bits per heavy atom. The van der Waals surface area contributed by atoms with Gasteiger partial charge in [-0.15, -0.1) is 0 Å². The normalized spacial score (nSPS) is 10.7. The summed E-state index contributed by atoms with van der Waals surface area (Å²) < 4.78 is 12.7. The van der Waals surface area contributed by atoms with Crippen molar-refractivity contribution in [1.29, 1.82) is 0 Å². The van der Waals surface area contributed by atoms with Crippen LogP contribution in [0.5, 0.6) is 5.75 Å². The maximum atomic E-state index is 12.5. The van der Waals surface area contributed by atoms with Crippen molar-refractivity contribution >= 4 is 28.6 Å². The highest BCUT2D eigenvalue weighted by molar-refractivity contribution is 5.98. The quantitative estimate of drug-likeness (QED) is 0.437. The Labute approximate surface area is 185 Å². The van der Waals surface area contributed by atoms with Crippen LogP contribution in [0.25, 0.3) is 16.7 Å². The van der Waals surface area contributed by atoms with E-state index in [4.69, 9.17) is 9.47 Å². The topological polar surface area (TPSA) is 82.4 Å². The molecular weight excluding hydrogens is 406 g/mol. The Morgan fingerprint density at radius 2 is 1.75 bits per heavy atom. The van der Waals surface area contributed by atoms with Crippen molar-refractivity contribution in [1.82, 2.24) is 9.55 Å². The summed E-state index contributed by atoms with van der Waals surface area (Å²) >= 11 is 0. The molecule has 0 radical (unpaired) electrons. The molecular formula is C25H23N3O4. The second-order valence-corrected chi connectivity index (χ2v) is 7.09. The van der Waals surface area contributed by atoms with E-state index in [0.717, 1.165) is 17.0 Å². The van der Waals surface area contributed by atoms with Gasteiger partial charge in [-0.25, -0.2) is 9.78 Å². The van der Waals surface area contributed by atoms with Gasteiger partial charge in [0.1, 0.15) is 11.6 Å². The van der Waals surface area contributed by atoms with Gasteiger partial charge in [0, 0.05) is 5.69 Å². The number of imidazole rings is 1. The van der Waals surface area contributed by atoms with E-state index in [9.17, 15) is 9.59 Å². The summed E-state index contributed by atoms with van der Waals surface area (Å²) in [4.78, 5) is 29.4. The van der Waals surface area contributed by atoms with Crippen LogP contribution in [0.15, 0.2) is 72.8 Å². The lowest BCUT2D eigenvalue weighted by molar-refractivity contribution is -0.119. The Morgan fingerprint density at radius 3 is 2.53 bits per heavy atom. The smallest absolute Gasteiger partial charge is 0.338 e. The first kappa shape index (κ1) is 21.1. The molecule has 0 saturated heterocycles. The Balaban J connectivity index is 1.45. The standard InChI is InChI=1S/C25H23N3O4/c1-3-31-23-12-8-7-11-20(23)27-24(29)16-32-25(30)18-13-14-22-21(15-18)26-17(2)28(22)19-9-5-4-6-10-19/h4-15H,3,16H2,1-2H3,(H,27,29). The number of para-hydroxylation sites is 3. The second kappa shape index (κ2) is 9.34. The maximum absolute atomic E-state index is 12.5. The fourth-order valence-corrected chi connectivity index (χ4v) is 3.48. The van der Waals surface area contributed by atoms with Crippen molar-refractivity contribution in [3.63, 3.8) is 0 Å². The number of aromatic nitrogens is 2. The molecule has 1 aromatic heterocycles. The third kappa shape index (κ3) is 4.46.